The summed E-state index contributed by atoms with van der Waals surface area (Å²) in [5, 5.41) is 8.29. The lowest BCUT2D eigenvalue weighted by atomic mass is 10.1. The van der Waals surface area contributed by atoms with Gasteiger partial charge in [0.2, 0.25) is 0 Å². The Balaban J connectivity index is 1.39. The van der Waals surface area contributed by atoms with Gasteiger partial charge in [0, 0.05) is 36.9 Å². The lowest BCUT2D eigenvalue weighted by Crippen LogP contribution is -2.12. The van der Waals surface area contributed by atoms with Gasteiger partial charge in [-0.1, -0.05) is 73.7 Å². The van der Waals surface area contributed by atoms with Crippen LogP contribution in [0.15, 0.2) is 85.1 Å². The quantitative estimate of drug-likeness (QED) is 0.411. The van der Waals surface area contributed by atoms with Gasteiger partial charge in [0.05, 0.1) is 5.52 Å². The molecule has 0 saturated carbocycles. The highest BCUT2D eigenvalue weighted by molar-refractivity contribution is 5.91. The van der Waals surface area contributed by atoms with Crippen LogP contribution in [0.3, 0.4) is 0 Å². The van der Waals surface area contributed by atoms with Crippen molar-refractivity contribution in [1.82, 2.24) is 10.3 Å². The van der Waals surface area contributed by atoms with Crippen molar-refractivity contribution in [2.24, 2.45) is 0 Å². The zero-order valence-electron chi connectivity index (χ0n) is 16.9. The average Bonchev–Trinajstić information content (AvgIpc) is 2.78. The van der Waals surface area contributed by atoms with Gasteiger partial charge in [-0.05, 0) is 40.8 Å². The summed E-state index contributed by atoms with van der Waals surface area (Å²) in [6.45, 7) is 4.71. The van der Waals surface area contributed by atoms with Crippen LogP contribution in [0.4, 0.5) is 5.69 Å². The number of hydrogen-bond acceptors (Lipinski definition) is 3. The maximum atomic E-state index is 4.53. The van der Waals surface area contributed by atoms with Crippen LogP contribution in [0.2, 0.25) is 0 Å². The van der Waals surface area contributed by atoms with Crippen molar-refractivity contribution < 1.29 is 0 Å². The molecule has 146 valence electrons. The van der Waals surface area contributed by atoms with Crippen molar-refractivity contribution in [3.05, 3.63) is 107 Å². The molecule has 0 radical (unpaired) electrons. The van der Waals surface area contributed by atoms with Gasteiger partial charge in [0.15, 0.2) is 0 Å². The van der Waals surface area contributed by atoms with Gasteiger partial charge in [-0.3, -0.25) is 4.98 Å². The number of nitrogens with zero attached hydrogens (tertiary/aromatic N) is 1. The molecular weight excluding hydrogens is 354 g/mol. The molecule has 3 aromatic carbocycles. The fraction of sp³-hybridized carbons (Fsp3) is 0.192. The van der Waals surface area contributed by atoms with Crippen LogP contribution in [-0.4, -0.2) is 4.98 Å². The van der Waals surface area contributed by atoms with Gasteiger partial charge in [-0.2, -0.15) is 0 Å². The van der Waals surface area contributed by atoms with E-state index in [1.54, 1.807) is 0 Å². The minimum atomic E-state index is 0.793. The smallest absolute Gasteiger partial charge is 0.0725 e. The summed E-state index contributed by atoms with van der Waals surface area (Å²) < 4.78 is 0. The molecule has 0 saturated heterocycles. The van der Waals surface area contributed by atoms with Crippen LogP contribution in [-0.2, 0) is 26.1 Å². The highest BCUT2D eigenvalue weighted by Crippen LogP contribution is 2.23. The van der Waals surface area contributed by atoms with Crippen LogP contribution >= 0.6 is 0 Å². The minimum Gasteiger partial charge on any atom is -0.380 e. The first kappa shape index (κ1) is 19.2. The van der Waals surface area contributed by atoms with E-state index in [0.717, 1.165) is 37.3 Å². The van der Waals surface area contributed by atoms with E-state index in [2.05, 4.69) is 101 Å². The second-order valence-corrected chi connectivity index (χ2v) is 7.33. The zero-order valence-corrected chi connectivity index (χ0v) is 16.9. The monoisotopic (exact) mass is 381 g/mol. The molecule has 0 aliphatic carbocycles. The zero-order chi connectivity index (χ0) is 19.9. The SMILES string of the molecule is CCc1ccc2c(NCc3cccc(CNCc4ccccc4)c3)ccnc2c1. The van der Waals surface area contributed by atoms with E-state index in [4.69, 9.17) is 0 Å². The summed E-state index contributed by atoms with van der Waals surface area (Å²) in [5.41, 5.74) is 7.38. The molecule has 0 amide bonds. The molecule has 29 heavy (non-hydrogen) atoms. The first-order chi connectivity index (χ1) is 14.3. The summed E-state index contributed by atoms with van der Waals surface area (Å²) in [5.74, 6) is 0. The largest absolute Gasteiger partial charge is 0.380 e. The molecule has 1 heterocycles. The van der Waals surface area contributed by atoms with Gasteiger partial charge in [0.1, 0.15) is 0 Å². The third kappa shape index (κ3) is 5.01. The lowest BCUT2D eigenvalue weighted by molar-refractivity contribution is 0.693. The summed E-state index contributed by atoms with van der Waals surface area (Å²) in [7, 11) is 0. The molecule has 0 aliphatic heterocycles. The predicted molar refractivity (Wildman–Crippen MR) is 122 cm³/mol. The molecule has 1 aromatic heterocycles. The standard InChI is InChI=1S/C26H27N3/c1-2-20-11-12-24-25(13-14-28-26(24)16-20)29-19-23-10-6-9-22(15-23)18-27-17-21-7-4-3-5-8-21/h3-16,27H,2,17-19H2,1H3,(H,28,29). The van der Waals surface area contributed by atoms with E-state index < -0.39 is 0 Å². The Morgan fingerprint density at radius 1 is 0.690 bits per heavy atom. The van der Waals surface area contributed by atoms with Gasteiger partial charge in [-0.15, -0.1) is 0 Å². The van der Waals surface area contributed by atoms with Crippen molar-refractivity contribution in [3.63, 3.8) is 0 Å². The van der Waals surface area contributed by atoms with E-state index in [1.165, 1.54) is 27.6 Å². The molecule has 0 fully saturated rings. The molecule has 2 N–H and O–H groups in total. The Morgan fingerprint density at radius 3 is 2.28 bits per heavy atom. The number of fused-ring (bicyclic) bond motifs is 1. The van der Waals surface area contributed by atoms with Crippen molar-refractivity contribution in [2.75, 3.05) is 5.32 Å². The number of pyridine rings is 1. The Kier molecular flexibility index (Phi) is 6.18. The number of hydrogen-bond donors (Lipinski definition) is 2. The molecule has 4 aromatic rings. The maximum Gasteiger partial charge on any atom is 0.0725 e. The molecule has 0 bridgehead atoms. The van der Waals surface area contributed by atoms with Gasteiger partial charge in [0.25, 0.3) is 0 Å². The molecule has 3 heteroatoms. The fourth-order valence-electron chi connectivity index (χ4n) is 3.56. The van der Waals surface area contributed by atoms with Crippen molar-refractivity contribution >= 4 is 16.6 Å². The molecule has 0 unspecified atom stereocenters. The van der Waals surface area contributed by atoms with Crippen molar-refractivity contribution in [2.45, 2.75) is 33.0 Å². The highest BCUT2D eigenvalue weighted by Gasteiger charge is 2.04. The molecule has 0 spiro atoms. The maximum absolute atomic E-state index is 4.53. The Labute approximate surface area is 172 Å². The first-order valence-electron chi connectivity index (χ1n) is 10.3. The topological polar surface area (TPSA) is 37.0 Å². The second kappa shape index (κ2) is 9.35. The molecular formula is C26H27N3. The molecule has 0 aliphatic rings. The van der Waals surface area contributed by atoms with E-state index >= 15 is 0 Å². The van der Waals surface area contributed by atoms with E-state index in [0.29, 0.717) is 0 Å². The van der Waals surface area contributed by atoms with Gasteiger partial charge < -0.3 is 10.6 Å². The van der Waals surface area contributed by atoms with Crippen LogP contribution < -0.4 is 10.6 Å². The number of anilines is 1. The predicted octanol–water partition coefficient (Wildman–Crippen LogP) is 5.70. The molecule has 0 atom stereocenters. The van der Waals surface area contributed by atoms with Crippen molar-refractivity contribution in [3.8, 4) is 0 Å². The van der Waals surface area contributed by atoms with Crippen LogP contribution in [0.5, 0.6) is 0 Å². The highest BCUT2D eigenvalue weighted by atomic mass is 14.9. The number of rotatable bonds is 8. The number of aryl methyl sites for hydroxylation is 1. The van der Waals surface area contributed by atoms with Crippen molar-refractivity contribution in [1.29, 1.82) is 0 Å². The third-order valence-electron chi connectivity index (χ3n) is 5.19. The van der Waals surface area contributed by atoms with Gasteiger partial charge in [-0.25, -0.2) is 0 Å². The molecule has 3 nitrogen and oxygen atoms in total. The third-order valence-corrected chi connectivity index (χ3v) is 5.19. The van der Waals surface area contributed by atoms with E-state index in [9.17, 15) is 0 Å². The Morgan fingerprint density at radius 2 is 1.45 bits per heavy atom. The fourth-order valence-corrected chi connectivity index (χ4v) is 3.56. The molecule has 4 rings (SSSR count). The lowest BCUT2D eigenvalue weighted by Gasteiger charge is -2.12. The summed E-state index contributed by atoms with van der Waals surface area (Å²) in [6.07, 6.45) is 2.91. The number of aromatic nitrogens is 1. The summed E-state index contributed by atoms with van der Waals surface area (Å²) in [4.78, 5) is 4.53. The van der Waals surface area contributed by atoms with Gasteiger partial charge >= 0.3 is 0 Å². The summed E-state index contributed by atoms with van der Waals surface area (Å²) >= 11 is 0. The van der Waals surface area contributed by atoms with E-state index in [1.807, 2.05) is 6.20 Å². The van der Waals surface area contributed by atoms with Crippen LogP contribution in [0, 0.1) is 0 Å². The number of benzene rings is 3. The Bertz CT molecular complexity index is 1070. The van der Waals surface area contributed by atoms with E-state index in [-0.39, 0.29) is 0 Å². The average molecular weight is 382 g/mol. The Hall–Kier alpha value is -3.17. The van der Waals surface area contributed by atoms with Crippen LogP contribution in [0.1, 0.15) is 29.2 Å². The summed E-state index contributed by atoms with van der Waals surface area (Å²) in [6, 6.07) is 27.9. The minimum absolute atomic E-state index is 0.793. The number of nitrogens with one attached hydrogen (secondary N) is 2. The van der Waals surface area contributed by atoms with Crippen LogP contribution in [0.25, 0.3) is 10.9 Å². The normalized spacial score (nSPS) is 10.9. The second-order valence-electron chi connectivity index (χ2n) is 7.33. The first-order valence-corrected chi connectivity index (χ1v) is 10.3.